The average Bonchev–Trinajstić information content (AvgIpc) is 2.59. The zero-order chi connectivity index (χ0) is 11.4. The van der Waals surface area contributed by atoms with Crippen LogP contribution in [0.25, 0.3) is 0 Å². The molecule has 1 aromatic heterocycles. The summed E-state index contributed by atoms with van der Waals surface area (Å²) in [6, 6.07) is 5.63. The van der Waals surface area contributed by atoms with Gasteiger partial charge >= 0.3 is 0 Å². The quantitative estimate of drug-likeness (QED) is 0.756. The monoisotopic (exact) mass is 221 g/mol. The van der Waals surface area contributed by atoms with E-state index in [0.717, 1.165) is 5.82 Å². The number of β-amino-alcohol motifs (C(OH)–C–C–N with tert-alkyl or cyclic N) is 1. The van der Waals surface area contributed by atoms with Crippen molar-refractivity contribution in [2.75, 3.05) is 25.0 Å². The molecule has 2 N–H and O–H groups in total. The third-order valence-corrected chi connectivity index (χ3v) is 2.55. The van der Waals surface area contributed by atoms with Crippen molar-refractivity contribution in [2.24, 2.45) is 0 Å². The summed E-state index contributed by atoms with van der Waals surface area (Å²) in [5.74, 6) is 0.824. The number of pyridine rings is 1. The van der Waals surface area contributed by atoms with Crippen LogP contribution in [0.3, 0.4) is 0 Å². The Morgan fingerprint density at radius 1 is 1.56 bits per heavy atom. The summed E-state index contributed by atoms with van der Waals surface area (Å²) in [6.07, 6.45) is 1.47. The van der Waals surface area contributed by atoms with Crippen molar-refractivity contribution in [3.63, 3.8) is 0 Å². The van der Waals surface area contributed by atoms with Crippen molar-refractivity contribution in [1.82, 2.24) is 9.88 Å². The molecule has 0 bridgehead atoms. The summed E-state index contributed by atoms with van der Waals surface area (Å²) in [7, 11) is 0. The van der Waals surface area contributed by atoms with Crippen molar-refractivity contribution in [2.45, 2.75) is 12.5 Å². The van der Waals surface area contributed by atoms with Gasteiger partial charge in [-0.3, -0.25) is 4.79 Å². The van der Waals surface area contributed by atoms with Crippen LogP contribution in [0.2, 0.25) is 0 Å². The zero-order valence-electron chi connectivity index (χ0n) is 8.97. The summed E-state index contributed by atoms with van der Waals surface area (Å²) >= 11 is 0. The number of aliphatic hydroxyl groups excluding tert-OH is 1. The van der Waals surface area contributed by atoms with Gasteiger partial charge in [-0.25, -0.2) is 4.98 Å². The normalized spacial score (nSPS) is 20.2. The Balaban J connectivity index is 1.74. The molecule has 5 heteroatoms. The summed E-state index contributed by atoms with van der Waals surface area (Å²) < 4.78 is 0. The fraction of sp³-hybridized carbons (Fsp3) is 0.455. The summed E-state index contributed by atoms with van der Waals surface area (Å²) in [6.45, 7) is 1.70. The van der Waals surface area contributed by atoms with E-state index >= 15 is 0 Å². The van der Waals surface area contributed by atoms with E-state index in [1.807, 2.05) is 18.2 Å². The van der Waals surface area contributed by atoms with Crippen molar-refractivity contribution >= 4 is 11.7 Å². The van der Waals surface area contributed by atoms with Crippen LogP contribution < -0.4 is 5.32 Å². The molecule has 1 aliphatic rings. The second-order valence-corrected chi connectivity index (χ2v) is 3.84. The number of hydrogen-bond donors (Lipinski definition) is 2. The Kier molecular flexibility index (Phi) is 3.36. The van der Waals surface area contributed by atoms with E-state index in [0.29, 0.717) is 19.6 Å². The van der Waals surface area contributed by atoms with Crippen molar-refractivity contribution in [3.8, 4) is 0 Å². The fourth-order valence-corrected chi connectivity index (χ4v) is 1.75. The van der Waals surface area contributed by atoms with Crippen molar-refractivity contribution < 1.29 is 9.90 Å². The summed E-state index contributed by atoms with van der Waals surface area (Å²) in [5, 5.41) is 12.4. The minimum atomic E-state index is -0.498. The lowest BCUT2D eigenvalue weighted by Crippen LogP contribution is -2.31. The molecule has 1 fully saturated rings. The van der Waals surface area contributed by atoms with Gasteiger partial charge in [-0.15, -0.1) is 0 Å². The lowest BCUT2D eigenvalue weighted by atomic mass is 10.3. The minimum absolute atomic E-state index is 0.0234. The predicted octanol–water partition coefficient (Wildman–Crippen LogP) is 0.0867. The van der Waals surface area contributed by atoms with Gasteiger partial charge < -0.3 is 15.3 Å². The number of rotatable bonds is 4. The van der Waals surface area contributed by atoms with Crippen LogP contribution in [-0.2, 0) is 4.79 Å². The van der Waals surface area contributed by atoms with Crippen molar-refractivity contribution in [3.05, 3.63) is 24.4 Å². The van der Waals surface area contributed by atoms with Gasteiger partial charge in [-0.1, -0.05) is 6.07 Å². The van der Waals surface area contributed by atoms with Gasteiger partial charge in [0, 0.05) is 25.8 Å². The largest absolute Gasteiger partial charge is 0.391 e. The maximum absolute atomic E-state index is 11.3. The van der Waals surface area contributed by atoms with E-state index in [2.05, 4.69) is 10.3 Å². The second-order valence-electron chi connectivity index (χ2n) is 3.84. The van der Waals surface area contributed by atoms with Gasteiger partial charge in [0.25, 0.3) is 0 Å². The zero-order valence-corrected chi connectivity index (χ0v) is 8.97. The summed E-state index contributed by atoms with van der Waals surface area (Å²) in [5.41, 5.74) is 0. The molecule has 0 aliphatic carbocycles. The highest BCUT2D eigenvalue weighted by Gasteiger charge is 2.27. The van der Waals surface area contributed by atoms with E-state index in [-0.39, 0.29) is 12.3 Å². The Morgan fingerprint density at radius 3 is 3.06 bits per heavy atom. The number of aromatic nitrogens is 1. The highest BCUT2D eigenvalue weighted by molar-refractivity contribution is 5.79. The van der Waals surface area contributed by atoms with E-state index in [1.165, 1.54) is 0 Å². The molecule has 5 nitrogen and oxygen atoms in total. The van der Waals surface area contributed by atoms with Crippen LogP contribution in [0.1, 0.15) is 6.42 Å². The number of anilines is 1. The molecule has 2 rings (SSSR count). The number of nitrogens with one attached hydrogen (secondary N) is 1. The molecule has 0 radical (unpaired) electrons. The number of likely N-dealkylation sites (tertiary alicyclic amines) is 1. The van der Waals surface area contributed by atoms with Gasteiger partial charge in [0.05, 0.1) is 12.5 Å². The van der Waals surface area contributed by atoms with E-state index in [9.17, 15) is 9.90 Å². The molecule has 2 heterocycles. The molecular formula is C11H15N3O2. The van der Waals surface area contributed by atoms with Crippen LogP contribution in [0.15, 0.2) is 24.4 Å². The van der Waals surface area contributed by atoms with Crippen LogP contribution in [0.5, 0.6) is 0 Å². The molecule has 16 heavy (non-hydrogen) atoms. The molecule has 1 aliphatic heterocycles. The van der Waals surface area contributed by atoms with E-state index < -0.39 is 6.10 Å². The molecule has 1 aromatic rings. The summed E-state index contributed by atoms with van der Waals surface area (Å²) in [4.78, 5) is 17.1. The first-order valence-electron chi connectivity index (χ1n) is 5.36. The molecule has 0 saturated carbocycles. The lowest BCUT2D eigenvalue weighted by Gasteiger charge is -2.15. The van der Waals surface area contributed by atoms with Gasteiger partial charge in [-0.2, -0.15) is 0 Å². The van der Waals surface area contributed by atoms with E-state index in [1.54, 1.807) is 11.1 Å². The van der Waals surface area contributed by atoms with Gasteiger partial charge in [0.2, 0.25) is 5.91 Å². The van der Waals surface area contributed by atoms with Crippen LogP contribution in [0.4, 0.5) is 5.82 Å². The van der Waals surface area contributed by atoms with E-state index in [4.69, 9.17) is 0 Å². The molecule has 0 aromatic carbocycles. The molecule has 1 saturated heterocycles. The lowest BCUT2D eigenvalue weighted by molar-refractivity contribution is -0.127. The molecule has 1 atom stereocenters. The molecule has 86 valence electrons. The average molecular weight is 221 g/mol. The molecule has 0 spiro atoms. The highest BCUT2D eigenvalue weighted by Crippen LogP contribution is 2.10. The number of amides is 1. The third kappa shape index (κ3) is 2.70. The first kappa shape index (κ1) is 10.9. The number of hydrogen-bond acceptors (Lipinski definition) is 4. The second kappa shape index (κ2) is 4.94. The van der Waals surface area contributed by atoms with Gasteiger partial charge in [-0.05, 0) is 12.1 Å². The minimum Gasteiger partial charge on any atom is -0.391 e. The molecule has 1 unspecified atom stereocenters. The first-order chi connectivity index (χ1) is 7.75. The Bertz CT molecular complexity index is 356. The third-order valence-electron chi connectivity index (χ3n) is 2.55. The topological polar surface area (TPSA) is 65.5 Å². The van der Waals surface area contributed by atoms with Crippen LogP contribution in [0, 0.1) is 0 Å². The highest BCUT2D eigenvalue weighted by atomic mass is 16.3. The Hall–Kier alpha value is -1.62. The maximum Gasteiger partial charge on any atom is 0.225 e. The number of nitrogens with zero attached hydrogens (tertiary/aromatic N) is 2. The standard InChI is InChI=1S/C11H15N3O2/c15-9-7-11(16)14(8-9)6-5-13-10-3-1-2-4-12-10/h1-4,9,15H,5-8H2,(H,12,13). The van der Waals surface area contributed by atoms with Crippen LogP contribution >= 0.6 is 0 Å². The maximum atomic E-state index is 11.3. The van der Waals surface area contributed by atoms with Crippen molar-refractivity contribution in [1.29, 1.82) is 0 Å². The SMILES string of the molecule is O=C1CC(O)CN1CCNc1ccccn1. The smallest absolute Gasteiger partial charge is 0.225 e. The van der Waals surface area contributed by atoms with Gasteiger partial charge in [0.15, 0.2) is 0 Å². The molecular weight excluding hydrogens is 206 g/mol. The number of carbonyl (C=O) groups excluding carboxylic acids is 1. The number of aliphatic hydroxyl groups is 1. The fourth-order valence-electron chi connectivity index (χ4n) is 1.75. The number of carbonyl (C=O) groups is 1. The van der Waals surface area contributed by atoms with Gasteiger partial charge in [0.1, 0.15) is 5.82 Å². The first-order valence-corrected chi connectivity index (χ1v) is 5.36. The van der Waals surface area contributed by atoms with Crippen LogP contribution in [-0.4, -0.2) is 46.6 Å². The molecule has 1 amide bonds. The Labute approximate surface area is 94.1 Å². The Morgan fingerprint density at radius 2 is 2.44 bits per heavy atom. The predicted molar refractivity (Wildman–Crippen MR) is 59.9 cm³/mol.